The molecule has 2 aromatic rings. The van der Waals surface area contributed by atoms with Gasteiger partial charge >= 0.3 is 0 Å². The number of hydrogen-bond donors (Lipinski definition) is 0. The van der Waals surface area contributed by atoms with E-state index in [4.69, 9.17) is 9.47 Å². The van der Waals surface area contributed by atoms with E-state index in [0.717, 1.165) is 44.4 Å². The molecule has 3 nitrogen and oxygen atoms in total. The lowest BCUT2D eigenvalue weighted by atomic mass is 9.79. The van der Waals surface area contributed by atoms with Crippen LogP contribution in [0.3, 0.4) is 0 Å². The highest BCUT2D eigenvalue weighted by atomic mass is 31.1. The van der Waals surface area contributed by atoms with Crippen LogP contribution in [0.25, 0.3) is 0 Å². The Morgan fingerprint density at radius 3 is 0.853 bits per heavy atom. The van der Waals surface area contributed by atoms with Crippen molar-refractivity contribution in [2.24, 2.45) is 0 Å². The van der Waals surface area contributed by atoms with E-state index in [2.05, 4.69) is 107 Å². The van der Waals surface area contributed by atoms with Crippen molar-refractivity contribution < 1.29 is 14.0 Å². The molecule has 0 atom stereocenters. The molecule has 0 amide bonds. The van der Waals surface area contributed by atoms with E-state index in [1.54, 1.807) is 14.2 Å². The molecule has 0 N–H and O–H groups in total. The highest BCUT2D eigenvalue weighted by Gasteiger charge is 2.31. The van der Waals surface area contributed by atoms with Gasteiger partial charge < -0.3 is 9.47 Å². The Kier molecular flexibility index (Phi) is 7.77. The first-order chi connectivity index (χ1) is 15.2. The lowest BCUT2D eigenvalue weighted by Crippen LogP contribution is -2.25. The zero-order valence-corrected chi connectivity index (χ0v) is 24.9. The average Bonchev–Trinajstić information content (AvgIpc) is 2.68. The lowest BCUT2D eigenvalue weighted by Gasteiger charge is -2.31. The Morgan fingerprint density at radius 1 is 0.500 bits per heavy atom. The van der Waals surface area contributed by atoms with Crippen molar-refractivity contribution in [3.63, 3.8) is 0 Å². The summed E-state index contributed by atoms with van der Waals surface area (Å²) in [6.45, 7) is 26.1. The normalized spacial score (nSPS) is 13.1. The summed E-state index contributed by atoms with van der Waals surface area (Å²) in [7, 11) is 1.64. The Balaban J connectivity index is 2.91. The van der Waals surface area contributed by atoms with Gasteiger partial charge in [-0.25, -0.2) is 0 Å². The molecule has 2 rings (SSSR count). The Bertz CT molecular complexity index is 913. The molecule has 34 heavy (non-hydrogen) atoms. The van der Waals surface area contributed by atoms with E-state index in [1.807, 2.05) is 0 Å². The average molecular weight is 486 g/mol. The Labute approximate surface area is 209 Å². The summed E-state index contributed by atoms with van der Waals surface area (Å²) >= 11 is 0. The van der Waals surface area contributed by atoms with Crippen LogP contribution >= 0.6 is 7.80 Å². The molecule has 0 aliphatic rings. The zero-order valence-electron chi connectivity index (χ0n) is 24.0. The quantitative estimate of drug-likeness (QED) is 0.417. The third-order valence-corrected chi connectivity index (χ3v) is 7.71. The predicted octanol–water partition coefficient (Wildman–Crippen LogP) is 7.67. The number of benzene rings is 2. The summed E-state index contributed by atoms with van der Waals surface area (Å²) in [5.41, 5.74) is 3.75. The first-order valence-corrected chi connectivity index (χ1v) is 13.4. The Hall–Kier alpha value is -1.86. The van der Waals surface area contributed by atoms with Crippen molar-refractivity contribution in [3.8, 4) is 11.5 Å². The van der Waals surface area contributed by atoms with Gasteiger partial charge in [-0.2, -0.15) is 0 Å². The van der Waals surface area contributed by atoms with Crippen LogP contribution in [0.4, 0.5) is 0 Å². The molecule has 0 aliphatic carbocycles. The van der Waals surface area contributed by atoms with Gasteiger partial charge in [-0.05, 0) is 45.9 Å². The van der Waals surface area contributed by atoms with Crippen LogP contribution in [-0.4, -0.2) is 14.2 Å². The standard InChI is InChI=1S/C30H46O3P/c1-27(2,3)21-15-19(16-22(25(21)32-13)28(4,5)6)34(31)20-17-23(29(7,8)9)26(33-14)24(18-20)30(10,11)12/h15-18H,1-14H3. The fourth-order valence-corrected chi connectivity index (χ4v) is 5.56. The fourth-order valence-electron chi connectivity index (χ4n) is 4.28. The number of hydrogen-bond acceptors (Lipinski definition) is 3. The van der Waals surface area contributed by atoms with Crippen molar-refractivity contribution in [1.82, 2.24) is 0 Å². The number of methoxy groups -OCH3 is 2. The lowest BCUT2D eigenvalue weighted by molar-refractivity contribution is 0.381. The molecule has 0 heterocycles. The van der Waals surface area contributed by atoms with Crippen molar-refractivity contribution in [1.29, 1.82) is 0 Å². The van der Waals surface area contributed by atoms with Crippen LogP contribution in [-0.2, 0) is 26.2 Å². The van der Waals surface area contributed by atoms with Gasteiger partial charge in [0.2, 0.25) is 0 Å². The SMILES string of the molecule is COc1c(C(C)(C)C)cc([P](=O)c2cc(C(C)(C)C)c(OC)c(C(C)(C)C)c2)cc1C(C)(C)C. The fraction of sp³-hybridized carbons (Fsp3) is 0.600. The Morgan fingerprint density at radius 2 is 0.706 bits per heavy atom. The van der Waals surface area contributed by atoms with Gasteiger partial charge in [0.15, 0.2) is 0 Å². The molecule has 0 bridgehead atoms. The van der Waals surface area contributed by atoms with Crippen LogP contribution in [0, 0.1) is 0 Å². The van der Waals surface area contributed by atoms with Crippen molar-refractivity contribution in [3.05, 3.63) is 46.5 Å². The smallest absolute Gasteiger partial charge is 0.136 e. The number of ether oxygens (including phenoxy) is 2. The second-order valence-electron chi connectivity index (χ2n) is 13.4. The summed E-state index contributed by atoms with van der Waals surface area (Å²) in [6.07, 6.45) is 0. The van der Waals surface area contributed by atoms with Gasteiger partial charge in [0, 0.05) is 32.9 Å². The maximum absolute atomic E-state index is 14.2. The molecule has 0 aliphatic heterocycles. The first-order valence-electron chi connectivity index (χ1n) is 12.2. The monoisotopic (exact) mass is 485 g/mol. The predicted molar refractivity (Wildman–Crippen MR) is 148 cm³/mol. The highest BCUT2D eigenvalue weighted by molar-refractivity contribution is 7.61. The van der Waals surface area contributed by atoms with Gasteiger partial charge in [0.25, 0.3) is 0 Å². The molecular formula is C30H46O3P. The summed E-state index contributed by atoms with van der Waals surface area (Å²) in [6, 6.07) is 8.35. The minimum absolute atomic E-state index is 0.148. The molecular weight excluding hydrogens is 439 g/mol. The third kappa shape index (κ3) is 5.85. The van der Waals surface area contributed by atoms with Crippen LogP contribution in [0.5, 0.6) is 11.5 Å². The van der Waals surface area contributed by atoms with Crippen molar-refractivity contribution in [2.75, 3.05) is 14.2 Å². The molecule has 2 aromatic carbocycles. The second-order valence-corrected chi connectivity index (χ2v) is 15.1. The number of rotatable bonds is 4. The van der Waals surface area contributed by atoms with E-state index in [1.165, 1.54) is 0 Å². The van der Waals surface area contributed by atoms with Crippen molar-refractivity contribution >= 4 is 18.4 Å². The third-order valence-electron chi connectivity index (χ3n) is 6.26. The summed E-state index contributed by atoms with van der Waals surface area (Å²) < 4.78 is 26.1. The topological polar surface area (TPSA) is 35.5 Å². The maximum Gasteiger partial charge on any atom is 0.136 e. The molecule has 0 saturated heterocycles. The zero-order chi connectivity index (χ0) is 26.4. The van der Waals surface area contributed by atoms with E-state index >= 15 is 0 Å². The van der Waals surface area contributed by atoms with Crippen molar-refractivity contribution in [2.45, 2.75) is 105 Å². The maximum atomic E-state index is 14.2. The summed E-state index contributed by atoms with van der Waals surface area (Å²) in [4.78, 5) is 0. The summed E-state index contributed by atoms with van der Waals surface area (Å²) in [5.74, 6) is 1.79. The van der Waals surface area contributed by atoms with Crippen LogP contribution in [0.1, 0.15) is 105 Å². The molecule has 189 valence electrons. The van der Waals surface area contributed by atoms with Crippen LogP contribution < -0.4 is 20.1 Å². The largest absolute Gasteiger partial charge is 0.496 e. The highest BCUT2D eigenvalue weighted by Crippen LogP contribution is 2.43. The molecule has 4 heteroatoms. The first kappa shape index (κ1) is 28.4. The van der Waals surface area contributed by atoms with Gasteiger partial charge in [-0.3, -0.25) is 4.57 Å². The minimum atomic E-state index is -1.82. The van der Waals surface area contributed by atoms with Gasteiger partial charge in [0.05, 0.1) is 14.2 Å². The molecule has 0 saturated carbocycles. The molecule has 1 radical (unpaired) electrons. The van der Waals surface area contributed by atoms with Crippen LogP contribution in [0.15, 0.2) is 24.3 Å². The molecule has 0 aromatic heterocycles. The van der Waals surface area contributed by atoms with Gasteiger partial charge in [0.1, 0.15) is 19.3 Å². The molecule has 0 fully saturated rings. The minimum Gasteiger partial charge on any atom is -0.496 e. The van der Waals surface area contributed by atoms with E-state index in [0.29, 0.717) is 0 Å². The summed E-state index contributed by atoms with van der Waals surface area (Å²) in [5, 5.41) is 1.69. The molecule has 0 unspecified atom stereocenters. The second kappa shape index (κ2) is 9.30. The van der Waals surface area contributed by atoms with E-state index in [9.17, 15) is 4.57 Å². The molecule has 0 spiro atoms. The van der Waals surface area contributed by atoms with Crippen LogP contribution in [0.2, 0.25) is 0 Å². The van der Waals surface area contributed by atoms with E-state index < -0.39 is 7.80 Å². The van der Waals surface area contributed by atoms with E-state index in [-0.39, 0.29) is 21.7 Å². The van der Waals surface area contributed by atoms with Gasteiger partial charge in [-0.1, -0.05) is 83.1 Å². The van der Waals surface area contributed by atoms with Gasteiger partial charge in [-0.15, -0.1) is 0 Å².